The molecule has 0 aliphatic rings. The number of methoxy groups -OCH3 is 1. The molecule has 8 heteroatoms. The molecule has 4 rings (SSSR count). The van der Waals surface area contributed by atoms with Gasteiger partial charge in [-0.2, -0.15) is 5.10 Å². The molecule has 2 aromatic heterocycles. The number of hydrogen-bond donors (Lipinski definition) is 1. The first-order valence-electron chi connectivity index (χ1n) is 10.6. The van der Waals surface area contributed by atoms with E-state index < -0.39 is 6.04 Å². The average Bonchev–Trinajstić information content (AvgIpc) is 3.35. The number of nitrogens with one attached hydrogen (secondary N) is 1. The Kier molecular flexibility index (Phi) is 6.51. The molecule has 0 aliphatic carbocycles. The van der Waals surface area contributed by atoms with Gasteiger partial charge < -0.3 is 14.6 Å². The predicted octanol–water partition coefficient (Wildman–Crippen LogP) is 4.46. The Hall–Kier alpha value is -3.58. The highest BCUT2D eigenvalue weighted by Crippen LogP contribution is 2.26. The molecule has 1 N–H and O–H groups in total. The van der Waals surface area contributed by atoms with Crippen molar-refractivity contribution in [1.29, 1.82) is 0 Å². The fourth-order valence-electron chi connectivity index (χ4n) is 3.73. The lowest BCUT2D eigenvalue weighted by atomic mass is 10.1. The van der Waals surface area contributed by atoms with E-state index in [-0.39, 0.29) is 5.91 Å². The van der Waals surface area contributed by atoms with E-state index in [4.69, 9.17) is 16.3 Å². The largest absolute Gasteiger partial charge is 0.497 e. The zero-order valence-corrected chi connectivity index (χ0v) is 19.8. The molecule has 0 saturated heterocycles. The van der Waals surface area contributed by atoms with Crippen LogP contribution in [0.1, 0.15) is 44.6 Å². The number of amides is 1. The molecule has 0 fully saturated rings. The highest BCUT2D eigenvalue weighted by Gasteiger charge is 2.26. The molecule has 0 spiro atoms. The number of hydrogen-bond acceptors (Lipinski definition) is 4. The highest BCUT2D eigenvalue weighted by molar-refractivity contribution is 6.33. The zero-order valence-electron chi connectivity index (χ0n) is 19.0. The van der Waals surface area contributed by atoms with Crippen LogP contribution in [0, 0.1) is 13.8 Å². The summed E-state index contributed by atoms with van der Waals surface area (Å²) in [5.41, 5.74) is 4.04. The van der Waals surface area contributed by atoms with E-state index in [2.05, 4.69) is 15.4 Å². The standard InChI is InChI=1S/C25H26ClN5O2/c1-16-5-7-18(8-6-16)15-31-23(26)21(17(2)29-31)25(32)28-22(24-27-13-14-30(24)3)19-9-11-20(33-4)12-10-19/h5-14,22H,15H2,1-4H3,(H,28,32). The molecule has 1 atom stereocenters. The van der Waals surface area contributed by atoms with Gasteiger partial charge in [-0.25, -0.2) is 9.67 Å². The van der Waals surface area contributed by atoms with Crippen LogP contribution in [0.3, 0.4) is 0 Å². The van der Waals surface area contributed by atoms with Crippen LogP contribution in [0.2, 0.25) is 5.15 Å². The monoisotopic (exact) mass is 463 g/mol. The summed E-state index contributed by atoms with van der Waals surface area (Å²) >= 11 is 6.63. The van der Waals surface area contributed by atoms with Crippen molar-refractivity contribution in [2.24, 2.45) is 7.05 Å². The lowest BCUT2D eigenvalue weighted by molar-refractivity contribution is 0.0940. The average molecular weight is 464 g/mol. The van der Waals surface area contributed by atoms with Crippen molar-refractivity contribution >= 4 is 17.5 Å². The quantitative estimate of drug-likeness (QED) is 0.439. The molecule has 0 aliphatic heterocycles. The number of aryl methyl sites for hydroxylation is 3. The number of nitrogens with zero attached hydrogens (tertiary/aromatic N) is 4. The van der Waals surface area contributed by atoms with Gasteiger partial charge in [0.05, 0.1) is 24.9 Å². The number of rotatable bonds is 7. The maximum Gasteiger partial charge on any atom is 0.257 e. The second-order valence-corrected chi connectivity index (χ2v) is 8.33. The molecule has 4 aromatic rings. The number of halogens is 1. The minimum Gasteiger partial charge on any atom is -0.497 e. The number of carbonyl (C=O) groups is 1. The Balaban J connectivity index is 1.63. The fraction of sp³-hybridized carbons (Fsp3) is 0.240. The van der Waals surface area contributed by atoms with Crippen LogP contribution >= 0.6 is 11.6 Å². The van der Waals surface area contributed by atoms with Crippen molar-refractivity contribution in [3.05, 3.63) is 99.8 Å². The Morgan fingerprint density at radius 1 is 1.12 bits per heavy atom. The number of imidazole rings is 1. The second kappa shape index (κ2) is 9.50. The summed E-state index contributed by atoms with van der Waals surface area (Å²) in [4.78, 5) is 17.9. The lowest BCUT2D eigenvalue weighted by Crippen LogP contribution is -2.31. The Morgan fingerprint density at radius 2 is 1.82 bits per heavy atom. The maximum absolute atomic E-state index is 13.4. The normalized spacial score (nSPS) is 11.9. The highest BCUT2D eigenvalue weighted by atomic mass is 35.5. The molecule has 0 radical (unpaired) electrons. The van der Waals surface area contributed by atoms with Gasteiger partial charge in [0.25, 0.3) is 5.91 Å². The van der Waals surface area contributed by atoms with Gasteiger partial charge in [-0.05, 0) is 37.1 Å². The van der Waals surface area contributed by atoms with Crippen molar-refractivity contribution in [1.82, 2.24) is 24.6 Å². The van der Waals surface area contributed by atoms with Crippen LogP contribution in [0.15, 0.2) is 60.9 Å². The number of carbonyl (C=O) groups excluding carboxylic acids is 1. The van der Waals surface area contributed by atoms with Gasteiger partial charge in [0.2, 0.25) is 0 Å². The molecule has 1 amide bonds. The molecule has 33 heavy (non-hydrogen) atoms. The van der Waals surface area contributed by atoms with Gasteiger partial charge in [0.15, 0.2) is 0 Å². The minimum absolute atomic E-state index is 0.305. The van der Waals surface area contributed by atoms with E-state index in [1.165, 1.54) is 5.56 Å². The smallest absolute Gasteiger partial charge is 0.257 e. The van der Waals surface area contributed by atoms with Crippen LogP contribution < -0.4 is 10.1 Å². The molecule has 1 unspecified atom stereocenters. The third-order valence-corrected chi connectivity index (χ3v) is 5.97. The first-order valence-corrected chi connectivity index (χ1v) is 11.0. The first-order chi connectivity index (χ1) is 15.9. The summed E-state index contributed by atoms with van der Waals surface area (Å²) in [6, 6.07) is 15.2. The molecule has 0 bridgehead atoms. The second-order valence-electron chi connectivity index (χ2n) is 7.97. The van der Waals surface area contributed by atoms with Gasteiger partial charge in [-0.15, -0.1) is 0 Å². The fourth-order valence-corrected chi connectivity index (χ4v) is 4.05. The van der Waals surface area contributed by atoms with Gasteiger partial charge in [0.1, 0.15) is 22.8 Å². The van der Waals surface area contributed by atoms with Crippen molar-refractivity contribution in [3.8, 4) is 5.75 Å². The molecule has 2 heterocycles. The summed E-state index contributed by atoms with van der Waals surface area (Å²) in [5, 5.41) is 7.92. The molecule has 2 aromatic carbocycles. The van der Waals surface area contributed by atoms with Crippen molar-refractivity contribution in [3.63, 3.8) is 0 Å². The maximum atomic E-state index is 13.4. The van der Waals surface area contributed by atoms with Gasteiger partial charge >= 0.3 is 0 Å². The number of aromatic nitrogens is 4. The van der Waals surface area contributed by atoms with Crippen LogP contribution in [0.4, 0.5) is 0 Å². The van der Waals surface area contributed by atoms with E-state index in [9.17, 15) is 4.79 Å². The third kappa shape index (κ3) is 4.78. The van der Waals surface area contributed by atoms with E-state index in [1.54, 1.807) is 24.9 Å². The van der Waals surface area contributed by atoms with E-state index in [0.29, 0.717) is 28.8 Å². The summed E-state index contributed by atoms with van der Waals surface area (Å²) in [5.74, 6) is 1.13. The lowest BCUT2D eigenvalue weighted by Gasteiger charge is -2.19. The van der Waals surface area contributed by atoms with E-state index in [0.717, 1.165) is 16.9 Å². The van der Waals surface area contributed by atoms with Crippen molar-refractivity contribution in [2.75, 3.05) is 7.11 Å². The van der Waals surface area contributed by atoms with Gasteiger partial charge in [-0.3, -0.25) is 4.79 Å². The van der Waals surface area contributed by atoms with Gasteiger partial charge in [-0.1, -0.05) is 53.6 Å². The predicted molar refractivity (Wildman–Crippen MR) is 128 cm³/mol. The molecule has 7 nitrogen and oxygen atoms in total. The van der Waals surface area contributed by atoms with Crippen molar-refractivity contribution < 1.29 is 9.53 Å². The zero-order chi connectivity index (χ0) is 23.5. The first kappa shape index (κ1) is 22.6. The Labute approximate surface area is 198 Å². The van der Waals surface area contributed by atoms with Crippen molar-refractivity contribution in [2.45, 2.75) is 26.4 Å². The molecule has 170 valence electrons. The summed E-state index contributed by atoms with van der Waals surface area (Å²) < 4.78 is 8.80. The van der Waals surface area contributed by atoms with Crippen LogP contribution in [-0.4, -0.2) is 32.3 Å². The summed E-state index contributed by atoms with van der Waals surface area (Å²) in [7, 11) is 3.51. The Bertz CT molecular complexity index is 1260. The Morgan fingerprint density at radius 3 is 2.42 bits per heavy atom. The summed E-state index contributed by atoms with van der Waals surface area (Å²) in [6.45, 7) is 4.31. The SMILES string of the molecule is COc1ccc(C(NC(=O)c2c(C)nn(Cc3ccc(C)cc3)c2Cl)c2nccn2C)cc1. The molecule has 0 saturated carbocycles. The summed E-state index contributed by atoms with van der Waals surface area (Å²) in [6.07, 6.45) is 3.55. The van der Waals surface area contributed by atoms with Crippen LogP contribution in [-0.2, 0) is 13.6 Å². The minimum atomic E-state index is -0.473. The molecular weight excluding hydrogens is 438 g/mol. The number of benzene rings is 2. The van der Waals surface area contributed by atoms with Crippen LogP contribution in [0.5, 0.6) is 5.75 Å². The van der Waals surface area contributed by atoms with Crippen LogP contribution in [0.25, 0.3) is 0 Å². The third-order valence-electron chi connectivity index (χ3n) is 5.59. The van der Waals surface area contributed by atoms with E-state index >= 15 is 0 Å². The topological polar surface area (TPSA) is 74.0 Å². The van der Waals surface area contributed by atoms with E-state index in [1.807, 2.05) is 73.3 Å². The van der Waals surface area contributed by atoms with Gasteiger partial charge in [0, 0.05) is 19.4 Å². The number of ether oxygens (including phenoxy) is 1. The molecular formula is C25H26ClN5O2.